The van der Waals surface area contributed by atoms with Crippen LogP contribution in [0.25, 0.3) is 6.08 Å². The van der Waals surface area contributed by atoms with E-state index < -0.39 is 10.0 Å². The molecule has 7 heteroatoms. The number of benzene rings is 2. The fraction of sp³-hybridized carbons (Fsp3) is 0.118. The van der Waals surface area contributed by atoms with Crippen molar-refractivity contribution in [1.29, 1.82) is 0 Å². The van der Waals surface area contributed by atoms with Crippen molar-refractivity contribution in [2.45, 2.75) is 4.90 Å². The van der Waals surface area contributed by atoms with Gasteiger partial charge in [0.05, 0.1) is 9.92 Å². The highest BCUT2D eigenvalue weighted by atomic mass is 35.5. The van der Waals surface area contributed by atoms with Crippen LogP contribution in [0.15, 0.2) is 53.4 Å². The Morgan fingerprint density at radius 3 is 2.29 bits per heavy atom. The quantitative estimate of drug-likeness (QED) is 0.652. The third kappa shape index (κ3) is 4.03. The number of hydrogen-bond acceptors (Lipinski definition) is 4. The van der Waals surface area contributed by atoms with Gasteiger partial charge in [-0.3, -0.25) is 4.79 Å². The van der Waals surface area contributed by atoms with Crippen molar-refractivity contribution in [2.75, 3.05) is 14.1 Å². The number of rotatable bonds is 5. The average Bonchev–Trinajstić information content (AvgIpc) is 2.55. The maximum absolute atomic E-state index is 12.1. The van der Waals surface area contributed by atoms with Crippen molar-refractivity contribution >= 4 is 33.5 Å². The van der Waals surface area contributed by atoms with Gasteiger partial charge >= 0.3 is 0 Å². The molecular weight excluding hydrogens is 350 g/mol. The summed E-state index contributed by atoms with van der Waals surface area (Å²) >= 11 is 5.80. The van der Waals surface area contributed by atoms with Gasteiger partial charge in [0, 0.05) is 19.7 Å². The van der Waals surface area contributed by atoms with E-state index >= 15 is 0 Å². The van der Waals surface area contributed by atoms with Gasteiger partial charge in [0.2, 0.25) is 10.0 Å². The molecule has 0 unspecified atom stereocenters. The van der Waals surface area contributed by atoms with Crippen LogP contribution in [0.5, 0.6) is 5.75 Å². The Balaban J connectivity index is 2.18. The molecule has 0 aliphatic rings. The summed E-state index contributed by atoms with van der Waals surface area (Å²) in [6, 6.07) is 10.3. The smallest absolute Gasteiger partial charge is 0.242 e. The van der Waals surface area contributed by atoms with Gasteiger partial charge in [0.25, 0.3) is 0 Å². The molecule has 0 bridgehead atoms. The molecular formula is C17H16ClNO4S. The molecule has 0 fully saturated rings. The summed E-state index contributed by atoms with van der Waals surface area (Å²) in [7, 11) is -0.629. The van der Waals surface area contributed by atoms with Crippen LogP contribution in [-0.2, 0) is 10.0 Å². The second kappa shape index (κ2) is 7.17. The predicted octanol–water partition coefficient (Wildman–Crippen LogP) is 3.19. The number of phenolic OH excluding ortho intramolecular Hbond substituents is 1. The van der Waals surface area contributed by atoms with Crippen LogP contribution < -0.4 is 0 Å². The number of aromatic hydroxyl groups is 1. The van der Waals surface area contributed by atoms with Crippen LogP contribution in [0.1, 0.15) is 15.9 Å². The average molecular weight is 366 g/mol. The number of allylic oxidation sites excluding steroid dienone is 1. The zero-order valence-corrected chi connectivity index (χ0v) is 14.7. The molecule has 0 amide bonds. The Morgan fingerprint density at radius 2 is 1.75 bits per heavy atom. The minimum Gasteiger partial charge on any atom is -0.506 e. The van der Waals surface area contributed by atoms with Gasteiger partial charge in [-0.15, -0.1) is 0 Å². The minimum absolute atomic E-state index is 0.0298. The molecule has 0 aromatic heterocycles. The van der Waals surface area contributed by atoms with Crippen LogP contribution in [0.2, 0.25) is 5.02 Å². The van der Waals surface area contributed by atoms with Crippen LogP contribution in [0.3, 0.4) is 0 Å². The first-order chi connectivity index (χ1) is 11.2. The summed E-state index contributed by atoms with van der Waals surface area (Å²) in [6.45, 7) is 0. The number of nitrogens with zero attached hydrogens (tertiary/aromatic N) is 1. The molecule has 0 saturated heterocycles. The lowest BCUT2D eigenvalue weighted by molar-refractivity contribution is 0.104. The molecule has 0 radical (unpaired) electrons. The first-order valence-corrected chi connectivity index (χ1v) is 8.77. The Hall–Kier alpha value is -2.15. The SMILES string of the molecule is CN(C)S(=O)(=O)c1ccc(C(=O)C=Cc2ccc(O)c(Cl)c2)cc1. The third-order valence-electron chi connectivity index (χ3n) is 3.32. The molecule has 1 N–H and O–H groups in total. The van der Waals surface area contributed by atoms with Crippen molar-refractivity contribution in [3.63, 3.8) is 0 Å². The van der Waals surface area contributed by atoms with E-state index in [4.69, 9.17) is 11.6 Å². The van der Waals surface area contributed by atoms with Crippen molar-refractivity contribution in [1.82, 2.24) is 4.31 Å². The number of phenols is 1. The van der Waals surface area contributed by atoms with Gasteiger partial charge in [-0.05, 0) is 48.0 Å². The van der Waals surface area contributed by atoms with Crippen LogP contribution >= 0.6 is 11.6 Å². The lowest BCUT2D eigenvalue weighted by Gasteiger charge is -2.11. The molecule has 126 valence electrons. The number of carbonyl (C=O) groups excluding carboxylic acids is 1. The predicted molar refractivity (Wildman–Crippen MR) is 93.8 cm³/mol. The van der Waals surface area contributed by atoms with Gasteiger partial charge in [0.15, 0.2) is 5.78 Å². The van der Waals surface area contributed by atoms with Gasteiger partial charge in [-0.1, -0.05) is 23.7 Å². The lowest BCUT2D eigenvalue weighted by Crippen LogP contribution is -2.22. The molecule has 0 spiro atoms. The van der Waals surface area contributed by atoms with Gasteiger partial charge < -0.3 is 5.11 Å². The van der Waals surface area contributed by atoms with Crippen LogP contribution in [0.4, 0.5) is 0 Å². The molecule has 0 atom stereocenters. The summed E-state index contributed by atoms with van der Waals surface area (Å²) in [5.74, 6) is -0.300. The fourth-order valence-electron chi connectivity index (χ4n) is 1.90. The molecule has 0 heterocycles. The highest BCUT2D eigenvalue weighted by Gasteiger charge is 2.17. The zero-order chi connectivity index (χ0) is 17.9. The monoisotopic (exact) mass is 365 g/mol. The standard InChI is InChI=1S/C17H16ClNO4S/c1-19(2)24(22,23)14-7-5-13(6-8-14)16(20)9-3-12-4-10-17(21)15(18)11-12/h3-11,21H,1-2H3. The second-order valence-electron chi connectivity index (χ2n) is 5.22. The zero-order valence-electron chi connectivity index (χ0n) is 13.1. The number of carbonyl (C=O) groups is 1. The number of halogens is 1. The molecule has 0 aliphatic heterocycles. The summed E-state index contributed by atoms with van der Waals surface area (Å²) in [4.78, 5) is 12.3. The van der Waals surface area contributed by atoms with Gasteiger partial charge in [-0.25, -0.2) is 12.7 Å². The van der Waals surface area contributed by atoms with E-state index in [0.29, 0.717) is 11.1 Å². The summed E-state index contributed by atoms with van der Waals surface area (Å²) in [5, 5.41) is 9.55. The molecule has 2 aromatic carbocycles. The first-order valence-electron chi connectivity index (χ1n) is 6.95. The normalized spacial score (nSPS) is 12.0. The lowest BCUT2D eigenvalue weighted by atomic mass is 10.1. The van der Waals surface area contributed by atoms with E-state index in [1.807, 2.05) is 0 Å². The molecule has 0 saturated carbocycles. The van der Waals surface area contributed by atoms with E-state index in [-0.39, 0.29) is 21.5 Å². The Bertz CT molecular complexity index is 887. The first kappa shape index (κ1) is 18.2. The van der Waals surface area contributed by atoms with Gasteiger partial charge in [0.1, 0.15) is 5.75 Å². The maximum Gasteiger partial charge on any atom is 0.242 e. The largest absolute Gasteiger partial charge is 0.506 e. The molecule has 24 heavy (non-hydrogen) atoms. The Labute approximate surface area is 145 Å². The number of ketones is 1. The van der Waals surface area contributed by atoms with Crippen molar-refractivity contribution in [3.8, 4) is 5.75 Å². The van der Waals surface area contributed by atoms with Crippen molar-refractivity contribution < 1.29 is 18.3 Å². The summed E-state index contributed by atoms with van der Waals surface area (Å²) in [6.07, 6.45) is 2.93. The fourth-order valence-corrected chi connectivity index (χ4v) is 2.99. The van der Waals surface area contributed by atoms with E-state index in [1.54, 1.807) is 12.1 Å². The highest BCUT2D eigenvalue weighted by Crippen LogP contribution is 2.24. The second-order valence-corrected chi connectivity index (χ2v) is 7.78. The molecule has 2 aromatic rings. The van der Waals surface area contributed by atoms with Crippen LogP contribution in [-0.4, -0.2) is 37.7 Å². The molecule has 5 nitrogen and oxygen atoms in total. The highest BCUT2D eigenvalue weighted by molar-refractivity contribution is 7.89. The van der Waals surface area contributed by atoms with Gasteiger partial charge in [-0.2, -0.15) is 0 Å². The van der Waals surface area contributed by atoms with E-state index in [1.165, 1.54) is 56.6 Å². The minimum atomic E-state index is -3.52. The Morgan fingerprint density at radius 1 is 1.12 bits per heavy atom. The third-order valence-corrected chi connectivity index (χ3v) is 5.45. The number of hydrogen-bond donors (Lipinski definition) is 1. The van der Waals surface area contributed by atoms with Crippen LogP contribution in [0, 0.1) is 0 Å². The topological polar surface area (TPSA) is 74.7 Å². The summed E-state index contributed by atoms with van der Waals surface area (Å²) in [5.41, 5.74) is 1.03. The summed E-state index contributed by atoms with van der Waals surface area (Å²) < 4.78 is 25.1. The van der Waals surface area contributed by atoms with E-state index in [0.717, 1.165) is 4.31 Å². The Kier molecular flexibility index (Phi) is 5.43. The molecule has 0 aliphatic carbocycles. The number of sulfonamides is 1. The maximum atomic E-state index is 12.1. The van der Waals surface area contributed by atoms with E-state index in [9.17, 15) is 18.3 Å². The van der Waals surface area contributed by atoms with E-state index in [2.05, 4.69) is 0 Å². The van der Waals surface area contributed by atoms with Crippen molar-refractivity contribution in [3.05, 3.63) is 64.7 Å². The van der Waals surface area contributed by atoms with Crippen molar-refractivity contribution in [2.24, 2.45) is 0 Å². The molecule has 2 rings (SSSR count).